The SMILES string of the molecule is c1ccc(C2(c3ccccc3)c3ccccc3-c3oc4c(ccc5c6ccccc6n(-c6ccc7ccccc7c6)c54)c32)cc1. The summed E-state index contributed by atoms with van der Waals surface area (Å²) in [6.45, 7) is 0. The zero-order chi connectivity index (χ0) is 29.5. The molecule has 2 heteroatoms. The smallest absolute Gasteiger partial charge is 0.159 e. The van der Waals surface area contributed by atoms with Crippen LogP contribution in [0.15, 0.2) is 168 Å². The highest BCUT2D eigenvalue weighted by Gasteiger charge is 2.49. The number of para-hydroxylation sites is 1. The minimum Gasteiger partial charge on any atom is -0.453 e. The molecule has 1 aliphatic carbocycles. The van der Waals surface area contributed by atoms with Gasteiger partial charge < -0.3 is 8.98 Å². The van der Waals surface area contributed by atoms with Gasteiger partial charge in [0.15, 0.2) is 5.58 Å². The molecule has 45 heavy (non-hydrogen) atoms. The van der Waals surface area contributed by atoms with Crippen LogP contribution in [-0.2, 0) is 5.41 Å². The van der Waals surface area contributed by atoms with E-state index < -0.39 is 5.41 Å². The van der Waals surface area contributed by atoms with E-state index in [4.69, 9.17) is 4.42 Å². The fourth-order valence-electron chi connectivity index (χ4n) is 8.03. The third-order valence-corrected chi connectivity index (χ3v) is 9.85. The van der Waals surface area contributed by atoms with Crippen LogP contribution in [0, 0.1) is 0 Å². The third kappa shape index (κ3) is 3.18. The summed E-state index contributed by atoms with van der Waals surface area (Å²) < 4.78 is 9.61. The maximum atomic E-state index is 7.21. The molecule has 0 radical (unpaired) electrons. The Balaban J connectivity index is 1.39. The van der Waals surface area contributed by atoms with Crippen molar-refractivity contribution < 1.29 is 4.42 Å². The number of fused-ring (bicyclic) bond motifs is 10. The Morgan fingerprint density at radius 3 is 1.93 bits per heavy atom. The number of rotatable bonds is 3. The highest BCUT2D eigenvalue weighted by Crippen LogP contribution is 2.59. The van der Waals surface area contributed by atoms with E-state index in [1.54, 1.807) is 0 Å². The quantitative estimate of drug-likeness (QED) is 0.206. The van der Waals surface area contributed by atoms with Crippen molar-refractivity contribution in [1.82, 2.24) is 4.57 Å². The number of hydrogen-bond donors (Lipinski definition) is 0. The summed E-state index contributed by atoms with van der Waals surface area (Å²) in [5.41, 5.74) is 9.90. The van der Waals surface area contributed by atoms with Gasteiger partial charge in [0.25, 0.3) is 0 Å². The van der Waals surface area contributed by atoms with Gasteiger partial charge in [0.2, 0.25) is 0 Å². The predicted molar refractivity (Wildman–Crippen MR) is 185 cm³/mol. The molecule has 2 nitrogen and oxygen atoms in total. The van der Waals surface area contributed by atoms with Gasteiger partial charge in [-0.1, -0.05) is 140 Å². The van der Waals surface area contributed by atoms with Crippen molar-refractivity contribution in [2.24, 2.45) is 0 Å². The maximum Gasteiger partial charge on any atom is 0.159 e. The Morgan fingerprint density at radius 2 is 1.13 bits per heavy atom. The lowest BCUT2D eigenvalue weighted by atomic mass is 9.67. The molecule has 0 N–H and O–H groups in total. The number of hydrogen-bond acceptors (Lipinski definition) is 1. The second-order valence-electron chi connectivity index (χ2n) is 12.1. The molecule has 9 aromatic rings. The first-order chi connectivity index (χ1) is 22.3. The van der Waals surface area contributed by atoms with Gasteiger partial charge in [-0.25, -0.2) is 0 Å². The fraction of sp³-hybridized carbons (Fsp3) is 0.0233. The maximum absolute atomic E-state index is 7.21. The second-order valence-corrected chi connectivity index (χ2v) is 12.1. The van der Waals surface area contributed by atoms with E-state index in [0.717, 1.165) is 33.5 Å². The molecule has 0 saturated heterocycles. The molecule has 7 aromatic carbocycles. The van der Waals surface area contributed by atoms with E-state index in [1.165, 1.54) is 49.3 Å². The molecule has 0 aliphatic heterocycles. The van der Waals surface area contributed by atoms with Gasteiger partial charge in [-0.05, 0) is 51.7 Å². The van der Waals surface area contributed by atoms with Crippen molar-refractivity contribution in [3.63, 3.8) is 0 Å². The van der Waals surface area contributed by atoms with Crippen LogP contribution < -0.4 is 0 Å². The fourth-order valence-corrected chi connectivity index (χ4v) is 8.03. The molecule has 0 unspecified atom stereocenters. The summed E-state index contributed by atoms with van der Waals surface area (Å²) in [7, 11) is 0. The van der Waals surface area contributed by atoms with Crippen molar-refractivity contribution in [1.29, 1.82) is 0 Å². The number of benzene rings is 7. The molecule has 0 spiro atoms. The summed E-state index contributed by atoms with van der Waals surface area (Å²) in [6.07, 6.45) is 0. The molecule has 0 atom stereocenters. The first kappa shape index (κ1) is 24.6. The molecule has 1 aliphatic rings. The Hall–Kier alpha value is -5.86. The van der Waals surface area contributed by atoms with Crippen LogP contribution in [0.5, 0.6) is 0 Å². The van der Waals surface area contributed by atoms with Crippen molar-refractivity contribution in [2.45, 2.75) is 5.41 Å². The summed E-state index contributed by atoms with van der Waals surface area (Å²) >= 11 is 0. The number of nitrogens with zero attached hydrogens (tertiary/aromatic N) is 1. The predicted octanol–water partition coefficient (Wildman–Crippen LogP) is 11.0. The lowest BCUT2D eigenvalue weighted by Crippen LogP contribution is -2.28. The summed E-state index contributed by atoms with van der Waals surface area (Å²) in [5.74, 6) is 0.955. The van der Waals surface area contributed by atoms with Crippen molar-refractivity contribution in [2.75, 3.05) is 0 Å². The Morgan fingerprint density at radius 1 is 0.489 bits per heavy atom. The van der Waals surface area contributed by atoms with Crippen molar-refractivity contribution in [3.05, 3.63) is 186 Å². The first-order valence-corrected chi connectivity index (χ1v) is 15.5. The van der Waals surface area contributed by atoms with Gasteiger partial charge in [0.1, 0.15) is 5.76 Å². The molecular weight excluding hydrogens is 546 g/mol. The summed E-state index contributed by atoms with van der Waals surface area (Å²) in [5, 5.41) is 6.01. The van der Waals surface area contributed by atoms with Crippen LogP contribution in [-0.4, -0.2) is 4.57 Å². The molecule has 0 bridgehead atoms. The summed E-state index contributed by atoms with van der Waals surface area (Å²) in [4.78, 5) is 0. The van der Waals surface area contributed by atoms with Gasteiger partial charge in [-0.3, -0.25) is 0 Å². The largest absolute Gasteiger partial charge is 0.453 e. The van der Waals surface area contributed by atoms with Crippen LogP contribution in [0.25, 0.3) is 60.6 Å². The Labute approximate surface area is 260 Å². The van der Waals surface area contributed by atoms with E-state index in [9.17, 15) is 0 Å². The molecule has 0 fully saturated rings. The highest BCUT2D eigenvalue weighted by atomic mass is 16.3. The number of furan rings is 1. The van der Waals surface area contributed by atoms with E-state index >= 15 is 0 Å². The molecule has 210 valence electrons. The number of aromatic nitrogens is 1. The minimum atomic E-state index is -0.521. The van der Waals surface area contributed by atoms with E-state index in [-0.39, 0.29) is 0 Å². The van der Waals surface area contributed by atoms with Crippen LogP contribution in [0.4, 0.5) is 0 Å². The van der Waals surface area contributed by atoms with Gasteiger partial charge in [-0.15, -0.1) is 0 Å². The molecule has 0 amide bonds. The van der Waals surface area contributed by atoms with Crippen molar-refractivity contribution >= 4 is 43.5 Å². The van der Waals surface area contributed by atoms with Gasteiger partial charge in [0, 0.05) is 33.0 Å². The minimum absolute atomic E-state index is 0.521. The molecular formula is C43H27NO. The van der Waals surface area contributed by atoms with Crippen molar-refractivity contribution in [3.8, 4) is 17.0 Å². The Kier molecular flexibility index (Phi) is 4.95. The van der Waals surface area contributed by atoms with E-state index in [0.29, 0.717) is 0 Å². The average molecular weight is 574 g/mol. The molecule has 10 rings (SSSR count). The average Bonchev–Trinajstić information content (AvgIpc) is 3.75. The highest BCUT2D eigenvalue weighted by molar-refractivity contribution is 6.19. The Bertz CT molecular complexity index is 2550. The van der Waals surface area contributed by atoms with Gasteiger partial charge >= 0.3 is 0 Å². The van der Waals surface area contributed by atoms with E-state index in [1.807, 2.05) is 0 Å². The zero-order valence-corrected chi connectivity index (χ0v) is 24.4. The molecule has 2 aromatic heterocycles. The van der Waals surface area contributed by atoms with Crippen LogP contribution in [0.3, 0.4) is 0 Å². The molecule has 2 heterocycles. The van der Waals surface area contributed by atoms with Crippen LogP contribution in [0.2, 0.25) is 0 Å². The first-order valence-electron chi connectivity index (χ1n) is 15.5. The van der Waals surface area contributed by atoms with Crippen LogP contribution >= 0.6 is 0 Å². The van der Waals surface area contributed by atoms with Gasteiger partial charge in [0.05, 0.1) is 16.4 Å². The monoisotopic (exact) mass is 573 g/mol. The van der Waals surface area contributed by atoms with Gasteiger partial charge in [-0.2, -0.15) is 0 Å². The van der Waals surface area contributed by atoms with Crippen LogP contribution in [0.1, 0.15) is 22.3 Å². The third-order valence-electron chi connectivity index (χ3n) is 9.85. The molecule has 0 saturated carbocycles. The summed E-state index contributed by atoms with van der Waals surface area (Å²) in [6, 6.07) is 59.3. The second kappa shape index (κ2) is 9.07. The topological polar surface area (TPSA) is 18.1 Å². The normalized spacial score (nSPS) is 13.5. The standard InChI is InChI=1S/C43H27NO/c1-3-15-30(16-4-1)43(31-17-5-2-6-18-31)37-21-11-9-20-35(37)41-39(43)36-26-25-34-33-19-10-12-22-38(33)44(40(34)42(36)45-41)32-24-23-28-13-7-8-14-29(28)27-32/h1-27H. The lowest BCUT2D eigenvalue weighted by Gasteiger charge is -2.33. The zero-order valence-electron chi connectivity index (χ0n) is 24.4. The lowest BCUT2D eigenvalue weighted by molar-refractivity contribution is 0.630. The van der Waals surface area contributed by atoms with E-state index in [2.05, 4.69) is 168 Å².